The Hall–Kier alpha value is -2.61. The lowest BCUT2D eigenvalue weighted by molar-refractivity contribution is -0.133. The number of aryl methyl sites for hydroxylation is 1. The fourth-order valence-electron chi connectivity index (χ4n) is 2.07. The monoisotopic (exact) mass is 315 g/mol. The van der Waals surface area contributed by atoms with Crippen LogP contribution in [-0.4, -0.2) is 42.2 Å². The molecule has 0 radical (unpaired) electrons. The number of thioether (sulfide) groups is 1. The van der Waals surface area contributed by atoms with Crippen molar-refractivity contribution >= 4 is 17.7 Å². The van der Waals surface area contributed by atoms with Crippen LogP contribution in [0.4, 0.5) is 0 Å². The molecule has 7 nitrogen and oxygen atoms in total. The van der Waals surface area contributed by atoms with Crippen molar-refractivity contribution in [3.8, 4) is 22.5 Å². The summed E-state index contributed by atoms with van der Waals surface area (Å²) in [6.07, 6.45) is 3.58. The second kappa shape index (κ2) is 6.02. The number of rotatable bonds is 5. The number of aromatic nitrogens is 5. The minimum Gasteiger partial charge on any atom is -0.481 e. The molecule has 22 heavy (non-hydrogen) atoms. The standard InChI is InChI=1S/C14H13N5O2S/c1-8-2-9(11-5-15-16-6-11)4-10(3-8)13-17-14(19-18-13)22-7-12(20)21/h2-6H,7H2,1H3,(H,15,16)(H,20,21)(H,17,18,19). The van der Waals surface area contributed by atoms with Crippen molar-refractivity contribution < 1.29 is 9.90 Å². The van der Waals surface area contributed by atoms with E-state index >= 15 is 0 Å². The van der Waals surface area contributed by atoms with E-state index in [0.717, 1.165) is 34.0 Å². The molecule has 0 fully saturated rings. The zero-order valence-corrected chi connectivity index (χ0v) is 12.5. The number of hydrogen-bond donors (Lipinski definition) is 3. The van der Waals surface area contributed by atoms with Crippen LogP contribution in [0.2, 0.25) is 0 Å². The van der Waals surface area contributed by atoms with Gasteiger partial charge in [0.25, 0.3) is 0 Å². The number of carboxylic acid groups (broad SMARTS) is 1. The van der Waals surface area contributed by atoms with Crippen molar-refractivity contribution in [2.24, 2.45) is 0 Å². The Balaban J connectivity index is 1.90. The van der Waals surface area contributed by atoms with Crippen LogP contribution < -0.4 is 0 Å². The Kier molecular flexibility index (Phi) is 3.92. The van der Waals surface area contributed by atoms with Crippen LogP contribution in [0.15, 0.2) is 35.7 Å². The van der Waals surface area contributed by atoms with Crippen LogP contribution in [0, 0.1) is 6.92 Å². The van der Waals surface area contributed by atoms with E-state index in [4.69, 9.17) is 5.11 Å². The number of aliphatic carboxylic acids is 1. The Morgan fingerprint density at radius 1 is 1.23 bits per heavy atom. The highest BCUT2D eigenvalue weighted by atomic mass is 32.2. The number of benzene rings is 1. The van der Waals surface area contributed by atoms with Crippen molar-refractivity contribution in [2.45, 2.75) is 12.1 Å². The van der Waals surface area contributed by atoms with Gasteiger partial charge in [-0.15, -0.1) is 10.2 Å². The molecule has 0 amide bonds. The van der Waals surface area contributed by atoms with Crippen LogP contribution >= 0.6 is 11.8 Å². The maximum Gasteiger partial charge on any atom is 0.313 e. The Morgan fingerprint density at radius 2 is 2.05 bits per heavy atom. The lowest BCUT2D eigenvalue weighted by Crippen LogP contribution is -1.97. The molecule has 1 aromatic carbocycles. The summed E-state index contributed by atoms with van der Waals surface area (Å²) in [5.41, 5.74) is 4.00. The van der Waals surface area contributed by atoms with Gasteiger partial charge in [0.2, 0.25) is 0 Å². The highest BCUT2D eigenvalue weighted by molar-refractivity contribution is 7.99. The van der Waals surface area contributed by atoms with Gasteiger partial charge in [0, 0.05) is 17.3 Å². The maximum atomic E-state index is 10.6. The number of carboxylic acids is 1. The van der Waals surface area contributed by atoms with Gasteiger partial charge in [0.15, 0.2) is 11.0 Å². The van der Waals surface area contributed by atoms with E-state index in [0.29, 0.717) is 11.0 Å². The molecule has 0 aliphatic heterocycles. The molecular weight excluding hydrogens is 302 g/mol. The lowest BCUT2D eigenvalue weighted by atomic mass is 10.0. The summed E-state index contributed by atoms with van der Waals surface area (Å²) in [5, 5.41) is 24.0. The first-order valence-corrected chi connectivity index (χ1v) is 7.49. The fourth-order valence-corrected chi connectivity index (χ4v) is 2.59. The minimum atomic E-state index is -0.888. The second-order valence-electron chi connectivity index (χ2n) is 4.74. The largest absolute Gasteiger partial charge is 0.481 e. The first-order valence-electron chi connectivity index (χ1n) is 6.50. The highest BCUT2D eigenvalue weighted by Gasteiger charge is 2.10. The number of nitrogens with zero attached hydrogens (tertiary/aromatic N) is 3. The van der Waals surface area contributed by atoms with Crippen LogP contribution in [0.25, 0.3) is 22.5 Å². The molecule has 0 spiro atoms. The van der Waals surface area contributed by atoms with Gasteiger partial charge in [0.05, 0.1) is 11.9 Å². The molecule has 2 aromatic heterocycles. The van der Waals surface area contributed by atoms with Crippen molar-refractivity contribution in [1.82, 2.24) is 25.4 Å². The van der Waals surface area contributed by atoms with E-state index < -0.39 is 5.97 Å². The lowest BCUT2D eigenvalue weighted by Gasteiger charge is -2.03. The molecule has 0 aliphatic carbocycles. The van der Waals surface area contributed by atoms with E-state index in [1.54, 1.807) is 6.20 Å². The van der Waals surface area contributed by atoms with E-state index in [2.05, 4.69) is 31.4 Å². The van der Waals surface area contributed by atoms with Gasteiger partial charge in [0.1, 0.15) is 0 Å². The zero-order valence-electron chi connectivity index (χ0n) is 11.7. The Labute approximate surface area is 130 Å². The van der Waals surface area contributed by atoms with Crippen molar-refractivity contribution in [1.29, 1.82) is 0 Å². The van der Waals surface area contributed by atoms with Crippen LogP contribution in [-0.2, 0) is 4.79 Å². The van der Waals surface area contributed by atoms with Gasteiger partial charge < -0.3 is 10.1 Å². The smallest absolute Gasteiger partial charge is 0.313 e. The fraction of sp³-hybridized carbons (Fsp3) is 0.143. The number of H-pyrrole nitrogens is 2. The van der Waals surface area contributed by atoms with Gasteiger partial charge >= 0.3 is 5.97 Å². The molecule has 0 aliphatic rings. The molecule has 0 unspecified atom stereocenters. The van der Waals surface area contributed by atoms with Gasteiger partial charge in [-0.25, -0.2) is 0 Å². The SMILES string of the molecule is Cc1cc(-c2cn[nH]c2)cc(-c2nnc(SCC(=O)O)[nH]2)c1. The quantitative estimate of drug-likeness (QED) is 0.624. The molecule has 112 valence electrons. The molecule has 0 atom stereocenters. The van der Waals surface area contributed by atoms with Gasteiger partial charge in [-0.3, -0.25) is 9.89 Å². The summed E-state index contributed by atoms with van der Waals surface area (Å²) in [7, 11) is 0. The van der Waals surface area contributed by atoms with E-state index in [1.165, 1.54) is 0 Å². The molecule has 3 rings (SSSR count). The molecular formula is C14H13N5O2S. The van der Waals surface area contributed by atoms with E-state index in [1.807, 2.05) is 25.3 Å². The Bertz CT molecular complexity index is 797. The summed E-state index contributed by atoms with van der Waals surface area (Å²) in [6, 6.07) is 6.05. The molecule has 0 saturated heterocycles. The number of aromatic amines is 2. The van der Waals surface area contributed by atoms with Crippen molar-refractivity contribution in [2.75, 3.05) is 5.75 Å². The minimum absolute atomic E-state index is 0.0529. The van der Waals surface area contributed by atoms with Crippen LogP contribution in [0.1, 0.15) is 5.56 Å². The summed E-state index contributed by atoms with van der Waals surface area (Å²) >= 11 is 1.11. The van der Waals surface area contributed by atoms with Crippen LogP contribution in [0.3, 0.4) is 0 Å². The summed E-state index contributed by atoms with van der Waals surface area (Å²) in [5.74, 6) is -0.329. The predicted molar refractivity (Wildman–Crippen MR) is 82.5 cm³/mol. The number of hydrogen-bond acceptors (Lipinski definition) is 5. The third-order valence-electron chi connectivity index (χ3n) is 2.98. The van der Waals surface area contributed by atoms with E-state index in [-0.39, 0.29) is 5.75 Å². The molecule has 2 heterocycles. The summed E-state index contributed by atoms with van der Waals surface area (Å²) in [4.78, 5) is 13.6. The highest BCUT2D eigenvalue weighted by Crippen LogP contribution is 2.26. The molecule has 3 N–H and O–H groups in total. The molecule has 8 heteroatoms. The number of carbonyl (C=O) groups is 1. The average Bonchev–Trinajstić information content (AvgIpc) is 3.16. The summed E-state index contributed by atoms with van der Waals surface area (Å²) in [6.45, 7) is 2.00. The third-order valence-corrected chi connectivity index (χ3v) is 3.83. The normalized spacial score (nSPS) is 10.8. The number of nitrogens with one attached hydrogen (secondary N) is 2. The first kappa shape index (κ1) is 14.3. The Morgan fingerprint density at radius 3 is 2.77 bits per heavy atom. The average molecular weight is 315 g/mol. The van der Waals surface area contributed by atoms with Gasteiger partial charge in [-0.05, 0) is 30.2 Å². The molecule has 0 bridgehead atoms. The van der Waals surface area contributed by atoms with Crippen LogP contribution in [0.5, 0.6) is 0 Å². The van der Waals surface area contributed by atoms with E-state index in [9.17, 15) is 4.79 Å². The zero-order chi connectivity index (χ0) is 15.5. The first-order chi connectivity index (χ1) is 10.6. The van der Waals surface area contributed by atoms with Gasteiger partial charge in [-0.1, -0.05) is 17.8 Å². The van der Waals surface area contributed by atoms with Crippen molar-refractivity contribution in [3.05, 3.63) is 36.2 Å². The molecule has 0 saturated carbocycles. The second-order valence-corrected chi connectivity index (χ2v) is 5.70. The topological polar surface area (TPSA) is 108 Å². The predicted octanol–water partition coefficient (Wildman–Crippen LogP) is 2.35. The third kappa shape index (κ3) is 3.17. The maximum absolute atomic E-state index is 10.6. The van der Waals surface area contributed by atoms with Gasteiger partial charge in [-0.2, -0.15) is 5.10 Å². The summed E-state index contributed by atoms with van der Waals surface area (Å²) < 4.78 is 0. The molecule has 3 aromatic rings. The van der Waals surface area contributed by atoms with Crippen molar-refractivity contribution in [3.63, 3.8) is 0 Å².